The molecule has 0 saturated heterocycles. The number of fused-ring (bicyclic) bond motifs is 3. The van der Waals surface area contributed by atoms with Crippen LogP contribution < -0.4 is 10.6 Å². The van der Waals surface area contributed by atoms with Gasteiger partial charge < -0.3 is 10.6 Å². The maximum absolute atomic E-state index is 14.0. The molecule has 4 nitrogen and oxygen atoms in total. The Bertz CT molecular complexity index is 1160. The second kappa shape index (κ2) is 11.2. The zero-order valence-electron chi connectivity index (χ0n) is 23.0. The molecule has 4 aliphatic carbocycles. The van der Waals surface area contributed by atoms with E-state index in [2.05, 4.69) is 41.8 Å². The van der Waals surface area contributed by atoms with Gasteiger partial charge >= 0.3 is 0 Å². The minimum absolute atomic E-state index is 0.00182. The Labute approximate surface area is 228 Å². The van der Waals surface area contributed by atoms with Crippen LogP contribution in [0.5, 0.6) is 0 Å². The summed E-state index contributed by atoms with van der Waals surface area (Å²) in [5, 5.41) is 7.43. The van der Waals surface area contributed by atoms with Crippen LogP contribution in [0.4, 0.5) is 11.4 Å². The predicted molar refractivity (Wildman–Crippen MR) is 155 cm³/mol. The molecule has 0 heterocycles. The quantitative estimate of drug-likeness (QED) is 0.394. The third-order valence-electron chi connectivity index (χ3n) is 10.1. The minimum Gasteiger partial charge on any atom is -0.382 e. The zero-order valence-corrected chi connectivity index (χ0v) is 23.0. The Hall–Kier alpha value is -2.62. The van der Waals surface area contributed by atoms with E-state index in [0.717, 1.165) is 48.9 Å². The Morgan fingerprint density at radius 1 is 0.789 bits per heavy atom. The van der Waals surface area contributed by atoms with Gasteiger partial charge in [-0.1, -0.05) is 69.7 Å². The van der Waals surface area contributed by atoms with Gasteiger partial charge in [0.1, 0.15) is 0 Å². The molecule has 2 aromatic carbocycles. The number of hydrogen-bond acceptors (Lipinski definition) is 4. The highest BCUT2D eigenvalue weighted by Crippen LogP contribution is 2.45. The number of unbranched alkanes of at least 4 members (excludes halogenated alkanes) is 1. The van der Waals surface area contributed by atoms with Crippen molar-refractivity contribution in [1.29, 1.82) is 0 Å². The van der Waals surface area contributed by atoms with Gasteiger partial charge in [0.2, 0.25) is 0 Å². The van der Waals surface area contributed by atoms with Crippen LogP contribution in [-0.4, -0.2) is 23.7 Å². The van der Waals surface area contributed by atoms with E-state index >= 15 is 0 Å². The molecule has 2 N–H and O–H groups in total. The number of hydrogen-bond donors (Lipinski definition) is 2. The fourth-order valence-electron chi connectivity index (χ4n) is 8.11. The van der Waals surface area contributed by atoms with Crippen molar-refractivity contribution in [3.8, 4) is 0 Å². The highest BCUT2D eigenvalue weighted by Gasteiger charge is 2.48. The third kappa shape index (κ3) is 5.03. The van der Waals surface area contributed by atoms with Crippen molar-refractivity contribution >= 4 is 22.9 Å². The molecule has 38 heavy (non-hydrogen) atoms. The normalized spacial score (nSPS) is 30.7. The van der Waals surface area contributed by atoms with Gasteiger partial charge in [0.15, 0.2) is 11.6 Å². The van der Waals surface area contributed by atoms with Gasteiger partial charge in [0.25, 0.3) is 0 Å². The van der Waals surface area contributed by atoms with Crippen LogP contribution in [0.15, 0.2) is 42.5 Å². The van der Waals surface area contributed by atoms with Crippen LogP contribution in [0.25, 0.3) is 0 Å². The average Bonchev–Trinajstić information content (AvgIpc) is 2.95. The lowest BCUT2D eigenvalue weighted by molar-refractivity contribution is 0.0660. The molecular formula is C34H44N2O2. The van der Waals surface area contributed by atoms with Gasteiger partial charge in [0.05, 0.1) is 11.5 Å². The van der Waals surface area contributed by atoms with E-state index in [0.29, 0.717) is 17.2 Å². The number of carbonyl (C=O) groups excluding carboxylic acids is 2. The summed E-state index contributed by atoms with van der Waals surface area (Å²) in [7, 11) is 0. The molecule has 0 aliphatic heterocycles. The molecule has 3 fully saturated rings. The largest absolute Gasteiger partial charge is 0.382 e. The summed E-state index contributed by atoms with van der Waals surface area (Å²) in [5.41, 5.74) is 4.61. The Kier molecular flexibility index (Phi) is 7.59. The molecule has 202 valence electrons. The van der Waals surface area contributed by atoms with Crippen molar-refractivity contribution in [2.24, 2.45) is 23.7 Å². The molecule has 0 amide bonds. The van der Waals surface area contributed by atoms with Gasteiger partial charge in [-0.05, 0) is 80.5 Å². The van der Waals surface area contributed by atoms with E-state index in [4.69, 9.17) is 0 Å². The van der Waals surface area contributed by atoms with Crippen LogP contribution in [-0.2, 0) is 6.42 Å². The summed E-state index contributed by atoms with van der Waals surface area (Å²) >= 11 is 0. The lowest BCUT2D eigenvalue weighted by atomic mass is 9.65. The fraction of sp³-hybridized carbons (Fsp3) is 0.588. The van der Waals surface area contributed by atoms with Crippen LogP contribution in [0.2, 0.25) is 0 Å². The first-order valence-corrected chi connectivity index (χ1v) is 15.5. The molecule has 6 rings (SSSR count). The molecule has 2 aromatic rings. The topological polar surface area (TPSA) is 58.2 Å². The molecule has 0 spiro atoms. The number of rotatable bonds is 7. The van der Waals surface area contributed by atoms with E-state index in [1.54, 1.807) is 0 Å². The summed E-state index contributed by atoms with van der Waals surface area (Å²) < 4.78 is 0. The number of anilines is 2. The van der Waals surface area contributed by atoms with E-state index in [9.17, 15) is 9.59 Å². The van der Waals surface area contributed by atoms with Crippen LogP contribution >= 0.6 is 0 Å². The van der Waals surface area contributed by atoms with Gasteiger partial charge in [-0.15, -0.1) is 0 Å². The van der Waals surface area contributed by atoms with Crippen molar-refractivity contribution < 1.29 is 9.59 Å². The number of nitrogens with one attached hydrogen (secondary N) is 2. The monoisotopic (exact) mass is 512 g/mol. The maximum atomic E-state index is 14.0. The second-order valence-electron chi connectivity index (χ2n) is 12.5. The van der Waals surface area contributed by atoms with E-state index in [-0.39, 0.29) is 29.4 Å². The summed E-state index contributed by atoms with van der Waals surface area (Å²) in [5.74, 6) is 1.55. The maximum Gasteiger partial charge on any atom is 0.169 e. The van der Waals surface area contributed by atoms with Crippen molar-refractivity contribution in [3.05, 3.63) is 59.2 Å². The summed E-state index contributed by atoms with van der Waals surface area (Å²) in [6.07, 6.45) is 15.4. The predicted octanol–water partition coefficient (Wildman–Crippen LogP) is 8.08. The zero-order chi connectivity index (χ0) is 26.1. The van der Waals surface area contributed by atoms with Crippen molar-refractivity contribution in [2.75, 3.05) is 10.6 Å². The molecular weight excluding hydrogens is 468 g/mol. The summed E-state index contributed by atoms with van der Waals surface area (Å²) in [6.45, 7) is 2.22. The van der Waals surface area contributed by atoms with Crippen LogP contribution in [0, 0.1) is 23.7 Å². The first kappa shape index (κ1) is 25.6. The van der Waals surface area contributed by atoms with Gasteiger partial charge in [-0.3, -0.25) is 9.59 Å². The standard InChI is InChI=1S/C34H44N2O2/c1-2-3-8-22-15-18-25(19-16-22)35-29-13-6-11-27-31(29)33(37)28-12-7-14-30(32(28)34(27)38)36-26-20-17-23-9-4-5-10-24(23)21-26/h7,12,14-16,18-19,23-24,26-27,29,31,35-36H,2-6,8-11,13,17,20-21H2,1H3. The van der Waals surface area contributed by atoms with Gasteiger partial charge in [-0.2, -0.15) is 0 Å². The summed E-state index contributed by atoms with van der Waals surface area (Å²) in [4.78, 5) is 28.0. The van der Waals surface area contributed by atoms with Crippen LogP contribution in [0.1, 0.15) is 110 Å². The molecule has 4 heteroatoms. The molecule has 3 saturated carbocycles. The first-order valence-electron chi connectivity index (χ1n) is 15.5. The third-order valence-corrected chi connectivity index (χ3v) is 10.1. The lowest BCUT2D eigenvalue weighted by Gasteiger charge is -2.42. The van der Waals surface area contributed by atoms with E-state index in [1.165, 1.54) is 63.4 Å². The van der Waals surface area contributed by atoms with E-state index in [1.807, 2.05) is 18.2 Å². The first-order chi connectivity index (χ1) is 18.6. The van der Waals surface area contributed by atoms with Crippen molar-refractivity contribution in [3.63, 3.8) is 0 Å². The number of aryl methyl sites for hydroxylation is 1. The number of carbonyl (C=O) groups is 2. The number of ketones is 2. The smallest absolute Gasteiger partial charge is 0.169 e. The Morgan fingerprint density at radius 2 is 1.61 bits per heavy atom. The lowest BCUT2D eigenvalue weighted by Crippen LogP contribution is -2.49. The van der Waals surface area contributed by atoms with Gasteiger partial charge in [0, 0.05) is 34.9 Å². The fourth-order valence-corrected chi connectivity index (χ4v) is 8.11. The molecule has 0 aromatic heterocycles. The number of Topliss-reactive ketones (excluding diaryl/α,β-unsaturated/α-hetero) is 2. The Morgan fingerprint density at radius 3 is 2.42 bits per heavy atom. The van der Waals surface area contributed by atoms with Gasteiger partial charge in [-0.25, -0.2) is 0 Å². The Balaban J connectivity index is 1.20. The van der Waals surface area contributed by atoms with E-state index < -0.39 is 0 Å². The molecule has 6 unspecified atom stereocenters. The van der Waals surface area contributed by atoms with Crippen molar-refractivity contribution in [2.45, 2.75) is 102 Å². The highest BCUT2D eigenvalue weighted by atomic mass is 16.1. The van der Waals surface area contributed by atoms with Crippen LogP contribution in [0.3, 0.4) is 0 Å². The average molecular weight is 513 g/mol. The highest BCUT2D eigenvalue weighted by molar-refractivity contribution is 6.19. The molecule has 0 bridgehead atoms. The SMILES string of the molecule is CCCCc1ccc(NC2CCCC3C(=O)c4c(NC5CCC6CCCCC6C5)cccc4C(=O)C23)cc1. The molecule has 0 radical (unpaired) electrons. The van der Waals surface area contributed by atoms with Crippen molar-refractivity contribution in [1.82, 2.24) is 0 Å². The molecule has 4 aliphatic rings. The minimum atomic E-state index is -0.281. The molecule has 6 atom stereocenters. The summed E-state index contributed by atoms with van der Waals surface area (Å²) in [6, 6.07) is 15.0. The number of benzene rings is 2. The second-order valence-corrected chi connectivity index (χ2v) is 12.5.